The van der Waals surface area contributed by atoms with E-state index in [9.17, 15) is 4.79 Å². The molecule has 15 heavy (non-hydrogen) atoms. The molecule has 0 saturated heterocycles. The molecule has 0 fully saturated rings. The summed E-state index contributed by atoms with van der Waals surface area (Å²) in [5, 5.41) is 3.94. The van der Waals surface area contributed by atoms with Crippen molar-refractivity contribution in [3.63, 3.8) is 0 Å². The first kappa shape index (κ1) is 9.45. The lowest BCUT2D eigenvalue weighted by Crippen LogP contribution is -2.12. The maximum atomic E-state index is 11.4. The van der Waals surface area contributed by atoms with Crippen LogP contribution < -0.4 is 5.73 Å². The zero-order valence-electron chi connectivity index (χ0n) is 8.17. The van der Waals surface area contributed by atoms with Gasteiger partial charge in [-0.15, -0.1) is 0 Å². The highest BCUT2D eigenvalue weighted by molar-refractivity contribution is 5.94. The van der Waals surface area contributed by atoms with E-state index >= 15 is 0 Å². The summed E-state index contributed by atoms with van der Waals surface area (Å²) >= 11 is 0. The average Bonchev–Trinajstić information content (AvgIpc) is 2.67. The molecule has 2 heterocycles. The topological polar surface area (TPSA) is 82.5 Å². The van der Waals surface area contributed by atoms with Crippen molar-refractivity contribution in [2.24, 2.45) is 0 Å². The van der Waals surface area contributed by atoms with Crippen molar-refractivity contribution in [3.05, 3.63) is 24.0 Å². The molecule has 0 aliphatic heterocycles. The molecule has 2 aromatic rings. The second-order valence-electron chi connectivity index (χ2n) is 2.88. The zero-order valence-corrected chi connectivity index (χ0v) is 8.17. The number of nitrogens with two attached hydrogens (primary N) is 1. The molecular weight excluding hydrogens is 196 g/mol. The molecule has 0 aliphatic rings. The highest BCUT2D eigenvalue weighted by atomic mass is 16.5. The van der Waals surface area contributed by atoms with Gasteiger partial charge in [-0.3, -0.25) is 0 Å². The molecule has 2 aromatic heterocycles. The fourth-order valence-electron chi connectivity index (χ4n) is 1.26. The summed E-state index contributed by atoms with van der Waals surface area (Å²) in [4.78, 5) is 15.5. The van der Waals surface area contributed by atoms with Gasteiger partial charge in [-0.1, -0.05) is 0 Å². The van der Waals surface area contributed by atoms with Crippen molar-refractivity contribution in [2.45, 2.75) is 6.92 Å². The molecule has 0 unspecified atom stereocenters. The van der Waals surface area contributed by atoms with E-state index < -0.39 is 5.97 Å². The minimum atomic E-state index is -0.486. The van der Waals surface area contributed by atoms with Crippen LogP contribution in [0.1, 0.15) is 17.3 Å². The maximum Gasteiger partial charge on any atom is 0.343 e. The number of fused-ring (bicyclic) bond motifs is 1. The summed E-state index contributed by atoms with van der Waals surface area (Å²) in [6.45, 7) is 2.03. The van der Waals surface area contributed by atoms with Gasteiger partial charge in [0.05, 0.1) is 12.8 Å². The molecule has 2 rings (SSSR count). The van der Waals surface area contributed by atoms with Crippen molar-refractivity contribution in [3.8, 4) is 0 Å². The third-order valence-electron chi connectivity index (χ3n) is 1.95. The number of rotatable bonds is 2. The largest absolute Gasteiger partial charge is 0.462 e. The van der Waals surface area contributed by atoms with Crippen molar-refractivity contribution >= 4 is 17.4 Å². The Kier molecular flexibility index (Phi) is 2.24. The summed E-state index contributed by atoms with van der Waals surface area (Å²) in [6, 6.07) is 1.70. The van der Waals surface area contributed by atoms with Gasteiger partial charge in [-0.05, 0) is 6.92 Å². The first-order valence-corrected chi connectivity index (χ1v) is 4.49. The Hall–Kier alpha value is -2.11. The number of hydrogen-bond donors (Lipinski definition) is 1. The highest BCUT2D eigenvalue weighted by Gasteiger charge is 2.14. The third kappa shape index (κ3) is 1.50. The quantitative estimate of drug-likeness (QED) is 0.723. The Morgan fingerprint density at radius 2 is 2.47 bits per heavy atom. The Morgan fingerprint density at radius 1 is 1.67 bits per heavy atom. The van der Waals surface area contributed by atoms with Gasteiger partial charge in [-0.2, -0.15) is 9.61 Å². The Labute approximate surface area is 85.7 Å². The van der Waals surface area contributed by atoms with Crippen LogP contribution in [0.4, 0.5) is 5.82 Å². The van der Waals surface area contributed by atoms with Gasteiger partial charge < -0.3 is 10.5 Å². The maximum absolute atomic E-state index is 11.4. The summed E-state index contributed by atoms with van der Waals surface area (Å²) in [5.41, 5.74) is 6.58. The fraction of sp³-hybridized carbons (Fsp3) is 0.222. The highest BCUT2D eigenvalue weighted by Crippen LogP contribution is 2.12. The van der Waals surface area contributed by atoms with Gasteiger partial charge >= 0.3 is 5.97 Å². The number of esters is 1. The summed E-state index contributed by atoms with van der Waals surface area (Å²) in [6.07, 6.45) is 2.96. The normalized spacial score (nSPS) is 10.5. The third-order valence-corrected chi connectivity index (χ3v) is 1.95. The van der Waals surface area contributed by atoms with Gasteiger partial charge in [0.1, 0.15) is 11.4 Å². The van der Waals surface area contributed by atoms with Crippen molar-refractivity contribution in [2.75, 3.05) is 12.3 Å². The lowest BCUT2D eigenvalue weighted by Gasteiger charge is -2.05. The monoisotopic (exact) mass is 206 g/mol. The molecule has 0 aromatic carbocycles. The molecule has 0 radical (unpaired) electrons. The lowest BCUT2D eigenvalue weighted by atomic mass is 10.3. The van der Waals surface area contributed by atoms with Crippen molar-refractivity contribution in [1.29, 1.82) is 0 Å². The Morgan fingerprint density at radius 3 is 3.20 bits per heavy atom. The first-order chi connectivity index (χ1) is 7.24. The van der Waals surface area contributed by atoms with Crippen LogP contribution in [-0.4, -0.2) is 27.2 Å². The molecular formula is C9H10N4O2. The molecule has 0 spiro atoms. The first-order valence-electron chi connectivity index (χ1n) is 4.49. The molecule has 0 bridgehead atoms. The van der Waals surface area contributed by atoms with Crippen molar-refractivity contribution < 1.29 is 9.53 Å². The van der Waals surface area contributed by atoms with Gasteiger partial charge in [-0.25, -0.2) is 9.78 Å². The van der Waals surface area contributed by atoms with Crippen molar-refractivity contribution in [1.82, 2.24) is 14.6 Å². The fourth-order valence-corrected chi connectivity index (χ4v) is 1.26. The second-order valence-corrected chi connectivity index (χ2v) is 2.88. The molecule has 6 nitrogen and oxygen atoms in total. The number of anilines is 1. The van der Waals surface area contributed by atoms with Crippen LogP contribution in [0.2, 0.25) is 0 Å². The van der Waals surface area contributed by atoms with Gasteiger partial charge in [0.25, 0.3) is 0 Å². The molecule has 6 heteroatoms. The van der Waals surface area contributed by atoms with Gasteiger partial charge in [0.15, 0.2) is 5.65 Å². The predicted molar refractivity (Wildman–Crippen MR) is 53.4 cm³/mol. The van der Waals surface area contributed by atoms with Crippen LogP contribution in [0.25, 0.3) is 5.65 Å². The minimum Gasteiger partial charge on any atom is -0.462 e. The lowest BCUT2D eigenvalue weighted by molar-refractivity contribution is 0.0526. The SMILES string of the molecule is CCOC(=O)c1cnc2ccnn2c1N. The average molecular weight is 206 g/mol. The van der Waals surface area contributed by atoms with Gasteiger partial charge in [0.2, 0.25) is 0 Å². The Bertz CT molecular complexity index is 506. The molecule has 2 N–H and O–H groups in total. The van der Waals surface area contributed by atoms with Crippen LogP contribution in [0, 0.1) is 0 Å². The zero-order chi connectivity index (χ0) is 10.8. The van der Waals surface area contributed by atoms with E-state index in [1.807, 2.05) is 0 Å². The predicted octanol–water partition coefficient (Wildman–Crippen LogP) is 0.488. The molecule has 0 saturated carbocycles. The molecule has 78 valence electrons. The number of nitrogen functional groups attached to an aromatic ring is 1. The number of hydrogen-bond acceptors (Lipinski definition) is 5. The van der Waals surface area contributed by atoms with Crippen LogP contribution in [0.15, 0.2) is 18.5 Å². The second kappa shape index (κ2) is 3.56. The summed E-state index contributed by atoms with van der Waals surface area (Å²) < 4.78 is 6.23. The number of carbonyl (C=O) groups is 1. The van der Waals surface area contributed by atoms with E-state index in [2.05, 4.69) is 10.1 Å². The molecule has 0 aliphatic carbocycles. The summed E-state index contributed by atoms with van der Waals surface area (Å²) in [7, 11) is 0. The summed E-state index contributed by atoms with van der Waals surface area (Å²) in [5.74, 6) is -0.247. The Balaban J connectivity index is 2.52. The van der Waals surface area contributed by atoms with Crippen LogP contribution in [0.5, 0.6) is 0 Å². The van der Waals surface area contributed by atoms with E-state index in [0.717, 1.165) is 0 Å². The molecule has 0 atom stereocenters. The van der Waals surface area contributed by atoms with E-state index in [4.69, 9.17) is 10.5 Å². The van der Waals surface area contributed by atoms with E-state index in [-0.39, 0.29) is 11.4 Å². The standard InChI is InChI=1S/C9H10N4O2/c1-2-15-9(14)6-5-11-7-3-4-12-13(7)8(6)10/h3-5H,2,10H2,1H3. The minimum absolute atomic E-state index is 0.230. The number of ether oxygens (including phenoxy) is 1. The van der Waals surface area contributed by atoms with E-state index in [0.29, 0.717) is 12.3 Å². The molecule has 0 amide bonds. The smallest absolute Gasteiger partial charge is 0.343 e. The number of carbonyl (C=O) groups excluding carboxylic acids is 1. The van der Waals surface area contributed by atoms with E-state index in [1.165, 1.54) is 10.7 Å². The number of aromatic nitrogens is 3. The number of nitrogens with zero attached hydrogens (tertiary/aromatic N) is 3. The van der Waals surface area contributed by atoms with E-state index in [1.54, 1.807) is 19.2 Å². The van der Waals surface area contributed by atoms with Crippen LogP contribution in [-0.2, 0) is 4.74 Å². The van der Waals surface area contributed by atoms with Gasteiger partial charge in [0, 0.05) is 12.3 Å². The van der Waals surface area contributed by atoms with Crippen LogP contribution >= 0.6 is 0 Å². The van der Waals surface area contributed by atoms with Crippen LogP contribution in [0.3, 0.4) is 0 Å².